The van der Waals surface area contributed by atoms with Crippen molar-refractivity contribution in [3.63, 3.8) is 0 Å². The first-order chi connectivity index (χ1) is 8.28. The first-order valence-corrected chi connectivity index (χ1v) is 6.29. The van der Waals surface area contributed by atoms with Crippen LogP contribution in [0, 0.1) is 0 Å². The Balaban J connectivity index is 3.03. The summed E-state index contributed by atoms with van der Waals surface area (Å²) >= 11 is 0. The summed E-state index contributed by atoms with van der Waals surface area (Å²) in [6.07, 6.45) is 3.86. The van der Waals surface area contributed by atoms with Gasteiger partial charge in [-0.15, -0.1) is 0 Å². The van der Waals surface area contributed by atoms with Crippen LogP contribution in [0.1, 0.15) is 32.3 Å². The maximum atomic E-state index is 9.20. The van der Waals surface area contributed by atoms with Crippen LogP contribution in [0.3, 0.4) is 0 Å². The van der Waals surface area contributed by atoms with Gasteiger partial charge in [-0.05, 0) is 18.9 Å². The third-order valence-corrected chi connectivity index (χ3v) is 3.08. The minimum absolute atomic E-state index is 0.136. The molecule has 0 saturated carbocycles. The maximum Gasteiger partial charge on any atom is 0.133 e. The summed E-state index contributed by atoms with van der Waals surface area (Å²) < 4.78 is 0. The quantitative estimate of drug-likeness (QED) is 0.755. The highest BCUT2D eigenvalue weighted by atomic mass is 16.3. The molecule has 0 amide bonds. The van der Waals surface area contributed by atoms with Crippen LogP contribution in [0.2, 0.25) is 0 Å². The summed E-state index contributed by atoms with van der Waals surface area (Å²) in [7, 11) is 0. The molecule has 0 radical (unpaired) electrons. The Morgan fingerprint density at radius 1 is 1.41 bits per heavy atom. The van der Waals surface area contributed by atoms with Crippen LogP contribution in [0.25, 0.3) is 0 Å². The minimum Gasteiger partial charge on any atom is -0.395 e. The van der Waals surface area contributed by atoms with E-state index in [1.165, 1.54) is 0 Å². The Labute approximate surface area is 103 Å². The topological polar surface area (TPSA) is 62.4 Å². The van der Waals surface area contributed by atoms with Gasteiger partial charge >= 0.3 is 0 Å². The van der Waals surface area contributed by atoms with Gasteiger partial charge in [-0.2, -0.15) is 0 Å². The lowest BCUT2D eigenvalue weighted by Gasteiger charge is -2.32. The van der Waals surface area contributed by atoms with Gasteiger partial charge in [0.25, 0.3) is 0 Å². The number of anilines is 1. The lowest BCUT2D eigenvalue weighted by Crippen LogP contribution is -2.38. The molecule has 0 aromatic carbocycles. The van der Waals surface area contributed by atoms with Gasteiger partial charge in [0.2, 0.25) is 0 Å². The highest BCUT2D eigenvalue weighted by Crippen LogP contribution is 2.21. The van der Waals surface area contributed by atoms with Gasteiger partial charge < -0.3 is 15.7 Å². The summed E-state index contributed by atoms with van der Waals surface area (Å²) in [5.41, 5.74) is 6.77. The first-order valence-electron chi connectivity index (χ1n) is 6.29. The maximum absolute atomic E-state index is 9.20. The van der Waals surface area contributed by atoms with E-state index < -0.39 is 0 Å². The number of nitrogens with zero attached hydrogens (tertiary/aromatic N) is 2. The molecule has 1 heterocycles. The molecule has 17 heavy (non-hydrogen) atoms. The van der Waals surface area contributed by atoms with Crippen LogP contribution in [0.5, 0.6) is 0 Å². The van der Waals surface area contributed by atoms with E-state index in [9.17, 15) is 5.11 Å². The number of hydrogen-bond acceptors (Lipinski definition) is 4. The van der Waals surface area contributed by atoms with E-state index >= 15 is 0 Å². The Hall–Kier alpha value is -1.13. The Morgan fingerprint density at radius 2 is 2.12 bits per heavy atom. The van der Waals surface area contributed by atoms with E-state index in [1.807, 2.05) is 12.1 Å². The molecule has 3 N–H and O–H groups in total. The summed E-state index contributed by atoms with van der Waals surface area (Å²) in [6.45, 7) is 5.53. The molecule has 0 unspecified atom stereocenters. The average molecular weight is 237 g/mol. The van der Waals surface area contributed by atoms with Gasteiger partial charge in [-0.1, -0.05) is 19.9 Å². The van der Waals surface area contributed by atoms with Crippen LogP contribution in [-0.2, 0) is 6.54 Å². The zero-order valence-electron chi connectivity index (χ0n) is 10.8. The van der Waals surface area contributed by atoms with E-state index in [0.717, 1.165) is 24.2 Å². The molecule has 1 aromatic rings. The fourth-order valence-electron chi connectivity index (χ4n) is 2.15. The lowest BCUT2D eigenvalue weighted by molar-refractivity contribution is 0.295. The zero-order valence-corrected chi connectivity index (χ0v) is 10.8. The Kier molecular flexibility index (Phi) is 5.94. The van der Waals surface area contributed by atoms with Gasteiger partial charge in [0.1, 0.15) is 5.82 Å². The second kappa shape index (κ2) is 7.25. The first kappa shape index (κ1) is 13.9. The van der Waals surface area contributed by atoms with Crippen molar-refractivity contribution < 1.29 is 5.11 Å². The van der Waals surface area contributed by atoms with Crippen molar-refractivity contribution in [2.75, 3.05) is 18.1 Å². The average Bonchev–Trinajstić information content (AvgIpc) is 2.39. The van der Waals surface area contributed by atoms with Crippen molar-refractivity contribution in [2.24, 2.45) is 5.73 Å². The molecule has 0 spiro atoms. The predicted octanol–water partition coefficient (Wildman–Crippen LogP) is 1.53. The van der Waals surface area contributed by atoms with E-state index in [0.29, 0.717) is 19.1 Å². The van der Waals surface area contributed by atoms with Crippen molar-refractivity contribution in [2.45, 2.75) is 39.3 Å². The van der Waals surface area contributed by atoms with Crippen LogP contribution >= 0.6 is 0 Å². The van der Waals surface area contributed by atoms with Gasteiger partial charge in [0.05, 0.1) is 6.61 Å². The predicted molar refractivity (Wildman–Crippen MR) is 70.9 cm³/mol. The highest BCUT2D eigenvalue weighted by molar-refractivity contribution is 5.47. The van der Waals surface area contributed by atoms with Crippen molar-refractivity contribution in [1.82, 2.24) is 4.98 Å². The zero-order chi connectivity index (χ0) is 12.7. The number of aromatic nitrogens is 1. The molecule has 4 heteroatoms. The molecule has 96 valence electrons. The van der Waals surface area contributed by atoms with Crippen LogP contribution < -0.4 is 10.6 Å². The molecule has 4 nitrogen and oxygen atoms in total. The fourth-order valence-corrected chi connectivity index (χ4v) is 2.15. The van der Waals surface area contributed by atoms with Gasteiger partial charge in [-0.25, -0.2) is 4.98 Å². The summed E-state index contributed by atoms with van der Waals surface area (Å²) in [6, 6.07) is 4.30. The fraction of sp³-hybridized carbons (Fsp3) is 0.615. The number of rotatable bonds is 7. The molecule has 1 aromatic heterocycles. The second-order valence-corrected chi connectivity index (χ2v) is 4.08. The molecule has 0 atom stereocenters. The standard InChI is InChI=1S/C13H23N3O/c1-3-12(4-2)16(8-9-17)13-11(10-14)6-5-7-15-13/h5-7,12,17H,3-4,8-10,14H2,1-2H3. The summed E-state index contributed by atoms with van der Waals surface area (Å²) in [5.74, 6) is 0.915. The molecule has 1 rings (SSSR count). The van der Waals surface area contributed by atoms with Crippen LogP contribution in [0.15, 0.2) is 18.3 Å². The van der Waals surface area contributed by atoms with Crippen LogP contribution in [0.4, 0.5) is 5.82 Å². The van der Waals surface area contributed by atoms with E-state index in [4.69, 9.17) is 5.73 Å². The molecular weight excluding hydrogens is 214 g/mol. The van der Waals surface area contributed by atoms with Crippen molar-refractivity contribution in [3.05, 3.63) is 23.9 Å². The number of pyridine rings is 1. The smallest absolute Gasteiger partial charge is 0.133 e. The van der Waals surface area contributed by atoms with Crippen LogP contribution in [-0.4, -0.2) is 29.3 Å². The normalized spacial score (nSPS) is 10.9. The second-order valence-electron chi connectivity index (χ2n) is 4.08. The minimum atomic E-state index is 0.136. The monoisotopic (exact) mass is 237 g/mol. The van der Waals surface area contributed by atoms with Gasteiger partial charge in [0, 0.05) is 30.9 Å². The number of nitrogens with two attached hydrogens (primary N) is 1. The highest BCUT2D eigenvalue weighted by Gasteiger charge is 2.18. The molecule has 0 bridgehead atoms. The third-order valence-electron chi connectivity index (χ3n) is 3.08. The molecule has 0 fully saturated rings. The third kappa shape index (κ3) is 3.41. The number of hydrogen-bond donors (Lipinski definition) is 2. The van der Waals surface area contributed by atoms with E-state index in [1.54, 1.807) is 6.20 Å². The van der Waals surface area contributed by atoms with E-state index in [-0.39, 0.29) is 6.61 Å². The number of aliphatic hydroxyl groups is 1. The van der Waals surface area contributed by atoms with Crippen molar-refractivity contribution >= 4 is 5.82 Å². The Bertz CT molecular complexity index is 326. The van der Waals surface area contributed by atoms with E-state index in [2.05, 4.69) is 23.7 Å². The van der Waals surface area contributed by atoms with Gasteiger partial charge in [0.15, 0.2) is 0 Å². The van der Waals surface area contributed by atoms with Gasteiger partial charge in [-0.3, -0.25) is 0 Å². The molecule has 0 saturated heterocycles. The molecule has 0 aliphatic carbocycles. The Morgan fingerprint density at radius 3 is 2.65 bits per heavy atom. The molecular formula is C13H23N3O. The summed E-state index contributed by atoms with van der Waals surface area (Å²) in [4.78, 5) is 6.59. The SMILES string of the molecule is CCC(CC)N(CCO)c1ncccc1CN. The number of aliphatic hydroxyl groups excluding tert-OH is 1. The summed E-state index contributed by atoms with van der Waals surface area (Å²) in [5, 5.41) is 9.20. The largest absolute Gasteiger partial charge is 0.395 e. The molecule has 0 aliphatic rings. The van der Waals surface area contributed by atoms with Crippen molar-refractivity contribution in [3.8, 4) is 0 Å². The molecule has 0 aliphatic heterocycles. The lowest BCUT2D eigenvalue weighted by atomic mass is 10.1. The van der Waals surface area contributed by atoms with Crippen molar-refractivity contribution in [1.29, 1.82) is 0 Å².